The molecule has 0 aromatic heterocycles. The van der Waals surface area contributed by atoms with Crippen molar-refractivity contribution in [2.24, 2.45) is 40.4 Å². The Kier molecular flexibility index (Phi) is 3.87. The Morgan fingerprint density at radius 1 is 1.17 bits per heavy atom. The van der Waals surface area contributed by atoms with E-state index in [1.807, 2.05) is 0 Å². The lowest BCUT2D eigenvalue weighted by molar-refractivity contribution is -0.149. The molecule has 134 valence electrons. The predicted molar refractivity (Wildman–Crippen MR) is 93.1 cm³/mol. The summed E-state index contributed by atoms with van der Waals surface area (Å²) in [6.07, 6.45) is 12.5. The smallest absolute Gasteiger partial charge is 0.309 e. The van der Waals surface area contributed by atoms with E-state index in [0.717, 1.165) is 32.1 Å². The van der Waals surface area contributed by atoms with Gasteiger partial charge in [-0.05, 0) is 74.0 Å². The van der Waals surface area contributed by atoms with Crippen molar-refractivity contribution in [3.8, 4) is 0 Å². The molecule has 0 unspecified atom stereocenters. The second-order valence-corrected chi connectivity index (χ2v) is 9.38. The molecule has 0 aromatic rings. The van der Waals surface area contributed by atoms with E-state index in [4.69, 9.17) is 4.74 Å². The molecule has 3 nitrogen and oxygen atoms in total. The van der Waals surface area contributed by atoms with Crippen molar-refractivity contribution >= 4 is 5.97 Å². The quantitative estimate of drug-likeness (QED) is 0.584. The molecule has 4 aliphatic rings. The maximum atomic E-state index is 12.3. The Morgan fingerprint density at radius 3 is 2.71 bits per heavy atom. The lowest BCUT2D eigenvalue weighted by atomic mass is 9.47. The van der Waals surface area contributed by atoms with Gasteiger partial charge in [0.05, 0.1) is 19.1 Å². The molecular formula is C21H32O3. The molecule has 0 radical (unpaired) electrons. The fourth-order valence-electron chi connectivity index (χ4n) is 7.13. The van der Waals surface area contributed by atoms with Crippen molar-refractivity contribution in [1.82, 2.24) is 0 Å². The minimum atomic E-state index is -0.0901. The van der Waals surface area contributed by atoms with Gasteiger partial charge in [-0.2, -0.15) is 0 Å². The van der Waals surface area contributed by atoms with E-state index in [0.29, 0.717) is 29.1 Å². The van der Waals surface area contributed by atoms with Crippen molar-refractivity contribution < 1.29 is 14.6 Å². The van der Waals surface area contributed by atoms with E-state index in [2.05, 4.69) is 26.0 Å². The first-order chi connectivity index (χ1) is 11.4. The Morgan fingerprint density at radius 2 is 1.96 bits per heavy atom. The summed E-state index contributed by atoms with van der Waals surface area (Å²) in [6, 6.07) is 0. The summed E-state index contributed by atoms with van der Waals surface area (Å²) in [5, 5.41) is 10.1. The summed E-state index contributed by atoms with van der Waals surface area (Å²) in [5.74, 6) is 2.60. The Bertz CT molecular complexity index is 555. The third kappa shape index (κ3) is 2.16. The summed E-state index contributed by atoms with van der Waals surface area (Å²) in [5.41, 5.74) is 0.314. The average Bonchev–Trinajstić information content (AvgIpc) is 2.92. The third-order valence-corrected chi connectivity index (χ3v) is 8.56. The van der Waals surface area contributed by atoms with Gasteiger partial charge in [0.15, 0.2) is 0 Å². The van der Waals surface area contributed by atoms with E-state index in [1.165, 1.54) is 20.0 Å². The van der Waals surface area contributed by atoms with Crippen LogP contribution in [-0.4, -0.2) is 24.3 Å². The van der Waals surface area contributed by atoms with Crippen LogP contribution in [0.25, 0.3) is 0 Å². The summed E-state index contributed by atoms with van der Waals surface area (Å²) in [7, 11) is 1.52. The first-order valence-corrected chi connectivity index (χ1v) is 9.85. The number of allylic oxidation sites excluding steroid dienone is 2. The summed E-state index contributed by atoms with van der Waals surface area (Å²) < 4.78 is 5.10. The fourth-order valence-corrected chi connectivity index (χ4v) is 7.13. The Hall–Kier alpha value is -0.830. The highest BCUT2D eigenvalue weighted by Crippen LogP contribution is 2.65. The number of carbonyl (C=O) groups excluding carboxylic acids is 1. The van der Waals surface area contributed by atoms with Gasteiger partial charge in [0.2, 0.25) is 0 Å². The van der Waals surface area contributed by atoms with Gasteiger partial charge in [-0.1, -0.05) is 26.0 Å². The number of hydrogen-bond acceptors (Lipinski definition) is 3. The summed E-state index contributed by atoms with van der Waals surface area (Å²) in [4.78, 5) is 12.3. The molecular weight excluding hydrogens is 300 g/mol. The van der Waals surface area contributed by atoms with Crippen LogP contribution in [0.15, 0.2) is 12.2 Å². The van der Waals surface area contributed by atoms with Crippen LogP contribution in [0.3, 0.4) is 0 Å². The van der Waals surface area contributed by atoms with Gasteiger partial charge >= 0.3 is 5.97 Å². The van der Waals surface area contributed by atoms with Gasteiger partial charge in [-0.25, -0.2) is 0 Å². The van der Waals surface area contributed by atoms with Crippen LogP contribution in [0, 0.1) is 40.4 Å². The maximum Gasteiger partial charge on any atom is 0.309 e. The first-order valence-electron chi connectivity index (χ1n) is 9.85. The standard InChI is InChI=1S/C21H32O3/c1-20-10-8-14(22)12-13(20)4-5-15-16-6-7-18(19(23)24-3)21(16,2)11-9-17(15)20/h9,11,13-18,22H,4-8,10,12H2,1-3H3/t13-,14-,15+,16+,17+,18-,20+,21+/m1/s1. The molecule has 4 rings (SSSR count). The Labute approximate surface area is 145 Å². The second kappa shape index (κ2) is 5.59. The van der Waals surface area contributed by atoms with Gasteiger partial charge in [-0.3, -0.25) is 4.79 Å². The van der Waals surface area contributed by atoms with Crippen LogP contribution in [0.4, 0.5) is 0 Å². The van der Waals surface area contributed by atoms with Crippen LogP contribution in [0.5, 0.6) is 0 Å². The van der Waals surface area contributed by atoms with Crippen LogP contribution in [0.1, 0.15) is 58.8 Å². The van der Waals surface area contributed by atoms with Gasteiger partial charge in [0, 0.05) is 5.41 Å². The number of fused-ring (bicyclic) bond motifs is 5. The molecule has 4 aliphatic carbocycles. The number of aliphatic hydroxyl groups excluding tert-OH is 1. The van der Waals surface area contributed by atoms with E-state index in [9.17, 15) is 9.90 Å². The molecule has 0 aliphatic heterocycles. The number of hydrogen-bond donors (Lipinski definition) is 1. The van der Waals surface area contributed by atoms with E-state index < -0.39 is 0 Å². The molecule has 3 heteroatoms. The van der Waals surface area contributed by atoms with Gasteiger partial charge in [0.25, 0.3) is 0 Å². The zero-order valence-electron chi connectivity index (χ0n) is 15.3. The molecule has 8 atom stereocenters. The molecule has 1 N–H and O–H groups in total. The van der Waals surface area contributed by atoms with Gasteiger partial charge in [0.1, 0.15) is 0 Å². The maximum absolute atomic E-state index is 12.3. The monoisotopic (exact) mass is 332 g/mol. The molecule has 0 amide bonds. The molecule has 24 heavy (non-hydrogen) atoms. The number of esters is 1. The number of carbonyl (C=O) groups is 1. The number of aliphatic hydroxyl groups is 1. The van der Waals surface area contributed by atoms with Crippen molar-refractivity contribution in [3.63, 3.8) is 0 Å². The summed E-state index contributed by atoms with van der Waals surface area (Å²) in [6.45, 7) is 4.76. The highest BCUT2D eigenvalue weighted by Gasteiger charge is 2.59. The zero-order chi connectivity index (χ0) is 17.1. The third-order valence-electron chi connectivity index (χ3n) is 8.56. The molecule has 3 saturated carbocycles. The Balaban J connectivity index is 1.66. The highest BCUT2D eigenvalue weighted by molar-refractivity contribution is 5.74. The molecule has 0 heterocycles. The molecule has 0 aromatic carbocycles. The SMILES string of the molecule is COC(=O)[C@H]1CC[C@H]2[C@@H]3CC[C@@H]4C[C@H](O)CC[C@]4(C)[C@H]3C=C[C@]12C. The average molecular weight is 332 g/mol. The van der Waals surface area contributed by atoms with E-state index in [-0.39, 0.29) is 23.4 Å². The summed E-state index contributed by atoms with van der Waals surface area (Å²) >= 11 is 0. The highest BCUT2D eigenvalue weighted by atomic mass is 16.5. The molecule has 0 saturated heterocycles. The first kappa shape index (κ1) is 16.6. The minimum Gasteiger partial charge on any atom is -0.469 e. The largest absolute Gasteiger partial charge is 0.469 e. The predicted octanol–water partition coefficient (Wildman–Crippen LogP) is 3.96. The van der Waals surface area contributed by atoms with Crippen LogP contribution >= 0.6 is 0 Å². The molecule has 3 fully saturated rings. The second-order valence-electron chi connectivity index (χ2n) is 9.38. The van der Waals surface area contributed by atoms with Crippen molar-refractivity contribution in [1.29, 1.82) is 0 Å². The minimum absolute atomic E-state index is 0.0222. The zero-order valence-corrected chi connectivity index (χ0v) is 15.3. The van der Waals surface area contributed by atoms with Gasteiger partial charge < -0.3 is 9.84 Å². The van der Waals surface area contributed by atoms with E-state index in [1.54, 1.807) is 0 Å². The normalized spacial score (nSPS) is 53.0. The van der Waals surface area contributed by atoms with Gasteiger partial charge in [-0.15, -0.1) is 0 Å². The lowest BCUT2D eigenvalue weighted by Gasteiger charge is -2.58. The fraction of sp³-hybridized carbons (Fsp3) is 0.857. The number of methoxy groups -OCH3 is 1. The lowest BCUT2D eigenvalue weighted by Crippen LogP contribution is -2.52. The van der Waals surface area contributed by atoms with E-state index >= 15 is 0 Å². The van der Waals surface area contributed by atoms with Crippen LogP contribution < -0.4 is 0 Å². The van der Waals surface area contributed by atoms with Crippen molar-refractivity contribution in [2.45, 2.75) is 64.9 Å². The van der Waals surface area contributed by atoms with Crippen LogP contribution in [-0.2, 0) is 9.53 Å². The van der Waals surface area contributed by atoms with Crippen molar-refractivity contribution in [3.05, 3.63) is 12.2 Å². The number of rotatable bonds is 1. The number of ether oxygens (including phenoxy) is 1. The van der Waals surface area contributed by atoms with Crippen LogP contribution in [0.2, 0.25) is 0 Å². The topological polar surface area (TPSA) is 46.5 Å². The van der Waals surface area contributed by atoms with Crippen molar-refractivity contribution in [2.75, 3.05) is 7.11 Å². The molecule has 0 spiro atoms. The molecule has 0 bridgehead atoms.